The van der Waals surface area contributed by atoms with Crippen molar-refractivity contribution >= 4 is 21.5 Å². The summed E-state index contributed by atoms with van der Waals surface area (Å²) in [6.07, 6.45) is 0. The zero-order valence-corrected chi connectivity index (χ0v) is 9.30. The van der Waals surface area contributed by atoms with E-state index < -0.39 is 0 Å². The minimum absolute atomic E-state index is 0. The maximum absolute atomic E-state index is 5.17. The van der Waals surface area contributed by atoms with Crippen molar-refractivity contribution in [2.45, 2.75) is 6.82 Å². The molecule has 46 valence electrons. The molecule has 0 saturated carbocycles. The van der Waals surface area contributed by atoms with Gasteiger partial charge in [0.05, 0.1) is 0 Å². The zero-order valence-electron chi connectivity index (χ0n) is 6.46. The monoisotopic (exact) mass is 195 g/mol. The molecular formula is C4H11B3NY-2. The average Bonchev–Trinajstić information content (AvgIpc) is 1.65. The Morgan fingerprint density at radius 2 is 2.00 bits per heavy atom. The van der Waals surface area contributed by atoms with E-state index in [0.29, 0.717) is 0 Å². The molecular weight excluding hydrogens is 183 g/mol. The van der Waals surface area contributed by atoms with Crippen LogP contribution < -0.4 is 0 Å². The van der Waals surface area contributed by atoms with Gasteiger partial charge in [-0.1, -0.05) is 13.9 Å². The van der Waals surface area contributed by atoms with E-state index in [2.05, 4.69) is 7.05 Å². The van der Waals surface area contributed by atoms with Crippen molar-refractivity contribution in [3.05, 3.63) is 14.5 Å². The Balaban J connectivity index is -0.000000180. The molecule has 0 spiro atoms. The fraction of sp³-hybridized carbons (Fsp3) is 0.500. The minimum atomic E-state index is 0. The van der Waals surface area contributed by atoms with E-state index in [1.807, 2.05) is 13.9 Å². The Bertz CT molecular complexity index is 53.1. The van der Waals surface area contributed by atoms with Gasteiger partial charge in [-0.05, 0) is 0 Å². The molecule has 0 heterocycles. The minimum Gasteiger partial charge on any atom is -0.510 e. The first-order valence-electron chi connectivity index (χ1n) is 2.27. The van der Waals surface area contributed by atoms with Crippen LogP contribution in [0.25, 0.3) is 0 Å². The normalized spacial score (nSPS) is 7.11. The summed E-state index contributed by atoms with van der Waals surface area (Å²) in [5, 5.41) is 0. The van der Waals surface area contributed by atoms with Gasteiger partial charge in [0.15, 0.2) is 0 Å². The summed E-state index contributed by atoms with van der Waals surface area (Å²) in [6.45, 7) is 2.26. The molecule has 0 aromatic rings. The van der Waals surface area contributed by atoms with Crippen LogP contribution in [-0.2, 0) is 32.7 Å². The molecule has 0 amide bonds. The number of nitrogens with zero attached hydrogens (tertiary/aromatic N) is 1. The molecule has 0 saturated heterocycles. The molecule has 0 atom stereocenters. The topological polar surface area (TPSA) is 3.24 Å². The smallest absolute Gasteiger partial charge is 0.134 e. The first-order valence-corrected chi connectivity index (χ1v) is 2.27. The van der Waals surface area contributed by atoms with Crippen LogP contribution in [0.5, 0.6) is 0 Å². The van der Waals surface area contributed by atoms with Crippen LogP contribution in [-0.4, -0.2) is 33.4 Å². The fourth-order valence-electron chi connectivity index (χ4n) is 0.147. The van der Waals surface area contributed by atoms with Crippen molar-refractivity contribution in [1.29, 1.82) is 0 Å². The van der Waals surface area contributed by atoms with E-state index in [9.17, 15) is 0 Å². The van der Waals surface area contributed by atoms with Crippen LogP contribution in [0.3, 0.4) is 0 Å². The van der Waals surface area contributed by atoms with Crippen molar-refractivity contribution in [1.82, 2.24) is 4.81 Å². The molecule has 0 fully saturated rings. The first kappa shape index (κ1) is 16.7. The molecule has 0 aliphatic rings. The summed E-state index contributed by atoms with van der Waals surface area (Å²) in [5.74, 6) is 0. The molecule has 0 aromatic carbocycles. The SMILES string of the molecule is [B][B]B(C)N([CH2-])C.[CH3-].[Y]. The average molecular weight is 194 g/mol. The summed E-state index contributed by atoms with van der Waals surface area (Å²) >= 11 is 0. The maximum Gasteiger partial charge on any atom is 0.134 e. The quantitative estimate of drug-likeness (QED) is 0.444. The van der Waals surface area contributed by atoms with Gasteiger partial charge in [-0.2, -0.15) is 0 Å². The summed E-state index contributed by atoms with van der Waals surface area (Å²) in [4.78, 5) is 1.79. The molecule has 0 N–H and O–H groups in total. The van der Waals surface area contributed by atoms with Crippen molar-refractivity contribution in [2.75, 3.05) is 7.05 Å². The van der Waals surface area contributed by atoms with Crippen molar-refractivity contribution in [3.63, 3.8) is 0 Å². The third-order valence-electron chi connectivity index (χ3n) is 0.974. The molecule has 5 heteroatoms. The summed E-state index contributed by atoms with van der Waals surface area (Å²) < 4.78 is 0. The fourth-order valence-corrected chi connectivity index (χ4v) is 0.147. The van der Waals surface area contributed by atoms with Gasteiger partial charge in [0.1, 0.15) is 6.74 Å². The second-order valence-electron chi connectivity index (χ2n) is 1.69. The van der Waals surface area contributed by atoms with E-state index in [4.69, 9.17) is 7.74 Å². The zero-order chi connectivity index (χ0) is 5.86. The van der Waals surface area contributed by atoms with Crippen LogP contribution in [0.15, 0.2) is 0 Å². The Kier molecular flexibility index (Phi) is 17.2. The number of rotatable bonds is 2. The van der Waals surface area contributed by atoms with Crippen molar-refractivity contribution in [2.24, 2.45) is 0 Å². The van der Waals surface area contributed by atoms with Gasteiger partial charge in [-0.25, -0.2) is 0 Å². The molecule has 0 unspecified atom stereocenters. The Morgan fingerprint density at radius 3 is 2.00 bits per heavy atom. The number of hydrogen-bond donors (Lipinski definition) is 0. The van der Waals surface area contributed by atoms with Crippen LogP contribution in [0.4, 0.5) is 0 Å². The molecule has 0 aromatic heterocycles. The van der Waals surface area contributed by atoms with Crippen molar-refractivity contribution < 1.29 is 32.7 Å². The number of hydrogen-bond acceptors (Lipinski definition) is 1. The Labute approximate surface area is 86.9 Å². The Morgan fingerprint density at radius 1 is 1.67 bits per heavy atom. The molecule has 0 bridgehead atoms. The van der Waals surface area contributed by atoms with Gasteiger partial charge in [0, 0.05) is 47.5 Å². The predicted molar refractivity (Wildman–Crippen MR) is 42.7 cm³/mol. The van der Waals surface area contributed by atoms with E-state index >= 15 is 0 Å². The van der Waals surface area contributed by atoms with Crippen LogP contribution in [0, 0.1) is 14.5 Å². The van der Waals surface area contributed by atoms with Gasteiger partial charge < -0.3 is 12.2 Å². The molecule has 9 heavy (non-hydrogen) atoms. The summed E-state index contributed by atoms with van der Waals surface area (Å²) in [7, 11) is 12.3. The van der Waals surface area contributed by atoms with E-state index in [1.54, 1.807) is 11.9 Å². The Hall–Kier alpha value is 1.26. The van der Waals surface area contributed by atoms with Gasteiger partial charge in [-0.3, -0.25) is 7.05 Å². The van der Waals surface area contributed by atoms with E-state index in [1.165, 1.54) is 0 Å². The molecule has 0 aliphatic carbocycles. The maximum atomic E-state index is 5.17. The molecule has 0 aliphatic heterocycles. The molecule has 4 radical (unpaired) electrons. The summed E-state index contributed by atoms with van der Waals surface area (Å²) in [5.41, 5.74) is 0. The molecule has 1 nitrogen and oxygen atoms in total. The third-order valence-corrected chi connectivity index (χ3v) is 0.974. The van der Waals surface area contributed by atoms with Gasteiger partial charge in [-0.15, -0.1) is 0 Å². The van der Waals surface area contributed by atoms with Gasteiger partial charge >= 0.3 is 0 Å². The van der Waals surface area contributed by atoms with Gasteiger partial charge in [0.2, 0.25) is 0 Å². The van der Waals surface area contributed by atoms with Crippen LogP contribution in [0.1, 0.15) is 0 Å². The van der Waals surface area contributed by atoms with Crippen LogP contribution in [0.2, 0.25) is 6.82 Å². The first-order chi connectivity index (χ1) is 3.18. The van der Waals surface area contributed by atoms with E-state index in [-0.39, 0.29) is 46.9 Å². The molecule has 0 rings (SSSR count). The largest absolute Gasteiger partial charge is 0.510 e. The van der Waals surface area contributed by atoms with E-state index in [0.717, 1.165) is 0 Å². The van der Waals surface area contributed by atoms with Crippen molar-refractivity contribution in [3.8, 4) is 0 Å². The third kappa shape index (κ3) is 9.26. The standard InChI is InChI=1S/C3H8B3N.CH3.Y/c1-6(5-4)7(2)3;;/h2H2,1,3H3;1H3;/q2*-1;. The summed E-state index contributed by atoms with van der Waals surface area (Å²) in [6, 6.07) is 0. The van der Waals surface area contributed by atoms with Gasteiger partial charge in [0.25, 0.3) is 0 Å². The van der Waals surface area contributed by atoms with Crippen LogP contribution >= 0.6 is 0 Å². The second-order valence-corrected chi connectivity index (χ2v) is 1.69. The second kappa shape index (κ2) is 9.26. The predicted octanol–water partition coefficient (Wildman–Crippen LogP) is 0.0633.